The van der Waals surface area contributed by atoms with Gasteiger partial charge in [0.15, 0.2) is 9.84 Å². The molecule has 8 nitrogen and oxygen atoms in total. The number of benzene rings is 1. The Morgan fingerprint density at radius 3 is 2.62 bits per heavy atom. The first kappa shape index (κ1) is 18.4. The van der Waals surface area contributed by atoms with Crippen LogP contribution in [0.4, 0.5) is 0 Å². The first-order valence-corrected chi connectivity index (χ1v) is 9.96. The van der Waals surface area contributed by atoms with Crippen LogP contribution in [0.3, 0.4) is 0 Å². The lowest BCUT2D eigenvalue weighted by molar-refractivity contribution is 0.103. The number of sulfone groups is 1. The van der Waals surface area contributed by atoms with Crippen molar-refractivity contribution in [1.29, 1.82) is 0 Å². The number of carbonyl (C=O) groups is 1. The van der Waals surface area contributed by atoms with Gasteiger partial charge in [-0.25, -0.2) is 8.42 Å². The van der Waals surface area contributed by atoms with Gasteiger partial charge in [-0.05, 0) is 25.1 Å². The molecule has 138 valence electrons. The summed E-state index contributed by atoms with van der Waals surface area (Å²) >= 11 is 6.40. The molecule has 1 aromatic heterocycles. The number of halogens is 1. The second-order valence-corrected chi connectivity index (χ2v) is 8.03. The lowest BCUT2D eigenvalue weighted by Crippen LogP contribution is -2.21. The largest absolute Gasteiger partial charge is 0.302 e. The number of aromatic amines is 1. The second-order valence-electron chi connectivity index (χ2n) is 5.67. The minimum absolute atomic E-state index is 0.0306. The quantitative estimate of drug-likeness (QED) is 0.737. The highest BCUT2D eigenvalue weighted by Gasteiger charge is 2.27. The molecule has 0 unspecified atom stereocenters. The third-order valence-corrected chi connectivity index (χ3v) is 5.50. The van der Waals surface area contributed by atoms with E-state index in [4.69, 9.17) is 16.4 Å². The second kappa shape index (κ2) is 6.75. The average molecular weight is 398 g/mol. The van der Waals surface area contributed by atoms with Crippen LogP contribution >= 0.6 is 11.6 Å². The van der Waals surface area contributed by atoms with Gasteiger partial charge < -0.3 is 5.10 Å². The molecule has 1 aromatic carbocycles. The van der Waals surface area contributed by atoms with Gasteiger partial charge in [0, 0.05) is 30.1 Å². The third-order valence-electron chi connectivity index (χ3n) is 3.97. The van der Waals surface area contributed by atoms with Gasteiger partial charge in [-0.3, -0.25) is 24.6 Å². The van der Waals surface area contributed by atoms with Crippen molar-refractivity contribution in [3.63, 3.8) is 0 Å². The van der Waals surface area contributed by atoms with E-state index in [2.05, 4.69) is 10.6 Å². The van der Waals surface area contributed by atoms with Crippen molar-refractivity contribution in [3.8, 4) is 0 Å². The molecule has 0 fully saturated rings. The average Bonchev–Trinajstić information content (AvgIpc) is 3.22. The van der Waals surface area contributed by atoms with E-state index in [1.54, 1.807) is 13.0 Å². The fourth-order valence-corrected chi connectivity index (χ4v) is 3.99. The predicted octanol–water partition coefficient (Wildman–Crippen LogP) is 1.36. The molecule has 0 aliphatic carbocycles. The van der Waals surface area contributed by atoms with Gasteiger partial charge in [0.2, 0.25) is 5.78 Å². The highest BCUT2D eigenvalue weighted by Crippen LogP contribution is 2.34. The van der Waals surface area contributed by atoms with Crippen LogP contribution in [0.5, 0.6) is 0 Å². The number of nitrogens with zero attached hydrogens (tertiary/aromatic N) is 1. The molecule has 2 N–H and O–H groups in total. The van der Waals surface area contributed by atoms with Crippen LogP contribution in [0.1, 0.15) is 28.4 Å². The van der Waals surface area contributed by atoms with Crippen LogP contribution in [-0.4, -0.2) is 36.8 Å². The monoisotopic (exact) mass is 397 g/mol. The summed E-state index contributed by atoms with van der Waals surface area (Å²) in [5, 5.41) is 2.64. The van der Waals surface area contributed by atoms with E-state index >= 15 is 0 Å². The van der Waals surface area contributed by atoms with Crippen LogP contribution in [0.25, 0.3) is 5.70 Å². The maximum absolute atomic E-state index is 12.8. The summed E-state index contributed by atoms with van der Waals surface area (Å²) in [6, 6.07) is 2.61. The van der Waals surface area contributed by atoms with Crippen molar-refractivity contribution in [3.05, 3.63) is 56.5 Å². The predicted molar refractivity (Wildman–Crippen MR) is 95.8 cm³/mol. The lowest BCUT2D eigenvalue weighted by Gasteiger charge is -2.14. The molecule has 1 aliphatic rings. The third kappa shape index (κ3) is 3.09. The number of aryl methyl sites for hydroxylation is 1. The molecule has 26 heavy (non-hydrogen) atoms. The van der Waals surface area contributed by atoms with Crippen LogP contribution in [0, 0.1) is 0 Å². The molecule has 3 rings (SSSR count). The summed E-state index contributed by atoms with van der Waals surface area (Å²) in [7, 11) is -3.61. The smallest absolute Gasteiger partial charge is 0.277 e. The Bertz CT molecular complexity index is 1080. The Kier molecular flexibility index (Phi) is 4.78. The van der Waals surface area contributed by atoms with Gasteiger partial charge >= 0.3 is 0 Å². The van der Waals surface area contributed by atoms with E-state index in [1.807, 2.05) is 0 Å². The molecule has 0 atom stereocenters. The van der Waals surface area contributed by atoms with Crippen LogP contribution in [0.2, 0.25) is 5.02 Å². The summed E-state index contributed by atoms with van der Waals surface area (Å²) in [6.07, 6.45) is 3.97. The molecule has 0 saturated carbocycles. The van der Waals surface area contributed by atoms with Gasteiger partial charge in [-0.2, -0.15) is 0 Å². The lowest BCUT2D eigenvalue weighted by atomic mass is 10.0. The molecule has 2 heterocycles. The number of H-pyrrole nitrogens is 1. The molecule has 0 bridgehead atoms. The van der Waals surface area contributed by atoms with Gasteiger partial charge in [0.1, 0.15) is 5.56 Å². The fraction of sp³-hybridized carbons (Fsp3) is 0.250. The standard InChI is InChI=1S/C16H16ClN3O5S/c1-3-20-16(22)10(8-18-20)15(21)9-4-5-12(26(2,23)24)13(14(9)17)11-6-7-25-19-11/h4-6,8,18-19H,3,7H2,1-2H3. The Morgan fingerprint density at radius 1 is 1.35 bits per heavy atom. The molecular weight excluding hydrogens is 382 g/mol. The highest BCUT2D eigenvalue weighted by molar-refractivity contribution is 7.90. The van der Waals surface area contributed by atoms with Crippen LogP contribution < -0.4 is 11.0 Å². The van der Waals surface area contributed by atoms with Crippen molar-refractivity contribution in [2.24, 2.45) is 0 Å². The van der Waals surface area contributed by atoms with Crippen LogP contribution in [0.15, 0.2) is 34.1 Å². The minimum Gasteiger partial charge on any atom is -0.302 e. The Morgan fingerprint density at radius 2 is 2.08 bits per heavy atom. The van der Waals surface area contributed by atoms with Crippen molar-refractivity contribution in [2.75, 3.05) is 12.9 Å². The summed E-state index contributed by atoms with van der Waals surface area (Å²) in [6.45, 7) is 2.37. The maximum atomic E-state index is 12.8. The van der Waals surface area contributed by atoms with Gasteiger partial charge in [0.25, 0.3) is 5.56 Å². The zero-order valence-corrected chi connectivity index (χ0v) is 15.6. The number of ketones is 1. The van der Waals surface area contributed by atoms with Crippen molar-refractivity contribution in [1.82, 2.24) is 15.3 Å². The van der Waals surface area contributed by atoms with Gasteiger partial charge in [0.05, 0.1) is 22.2 Å². The molecule has 10 heteroatoms. The molecule has 0 saturated heterocycles. The molecule has 0 spiro atoms. The summed E-state index contributed by atoms with van der Waals surface area (Å²) in [5.74, 6) is -0.593. The van der Waals surface area contributed by atoms with E-state index in [1.165, 1.54) is 23.0 Å². The highest BCUT2D eigenvalue weighted by atomic mass is 35.5. The van der Waals surface area contributed by atoms with Gasteiger partial charge in [-0.15, -0.1) is 0 Å². The summed E-state index contributed by atoms with van der Waals surface area (Å²) in [5.41, 5.74) is 2.57. The Balaban J connectivity index is 2.20. The molecule has 0 radical (unpaired) electrons. The number of aromatic nitrogens is 2. The van der Waals surface area contributed by atoms with E-state index < -0.39 is 21.2 Å². The first-order chi connectivity index (χ1) is 12.3. The summed E-state index contributed by atoms with van der Waals surface area (Å²) in [4.78, 5) is 30.0. The maximum Gasteiger partial charge on any atom is 0.277 e. The number of hydrogen-bond acceptors (Lipinski definition) is 6. The zero-order valence-electron chi connectivity index (χ0n) is 14.0. The molecular formula is C16H16ClN3O5S. The normalized spacial score (nSPS) is 14.2. The number of hydrogen-bond donors (Lipinski definition) is 2. The topological polar surface area (TPSA) is 110 Å². The van der Waals surface area contributed by atoms with E-state index in [9.17, 15) is 18.0 Å². The number of nitrogens with one attached hydrogen (secondary N) is 2. The number of hydroxylamine groups is 1. The number of rotatable bonds is 5. The number of carbonyl (C=O) groups excluding carboxylic acids is 1. The van der Waals surface area contributed by atoms with E-state index in [0.29, 0.717) is 12.2 Å². The van der Waals surface area contributed by atoms with Crippen molar-refractivity contribution in [2.45, 2.75) is 18.4 Å². The SMILES string of the molecule is CCn1[nH]cc(C(=O)c2ccc(S(C)(=O)=O)c(C3=CCON3)c2Cl)c1=O. The molecule has 0 amide bonds. The Hall–Kier alpha value is -2.36. The first-order valence-electron chi connectivity index (χ1n) is 7.69. The van der Waals surface area contributed by atoms with Gasteiger partial charge in [-0.1, -0.05) is 11.6 Å². The van der Waals surface area contributed by atoms with E-state index in [-0.39, 0.29) is 33.2 Å². The fourth-order valence-electron chi connectivity index (χ4n) is 2.68. The van der Waals surface area contributed by atoms with Crippen molar-refractivity contribution >= 4 is 32.9 Å². The minimum atomic E-state index is -3.61. The summed E-state index contributed by atoms with van der Waals surface area (Å²) < 4.78 is 25.5. The Labute approximate surface area is 154 Å². The molecule has 2 aromatic rings. The van der Waals surface area contributed by atoms with E-state index in [0.717, 1.165) is 6.26 Å². The zero-order chi connectivity index (χ0) is 19.1. The molecule has 1 aliphatic heterocycles. The van der Waals surface area contributed by atoms with Crippen molar-refractivity contribution < 1.29 is 18.0 Å². The van der Waals surface area contributed by atoms with Crippen LogP contribution in [-0.2, 0) is 21.2 Å².